The lowest BCUT2D eigenvalue weighted by Gasteiger charge is -2.41. The van der Waals surface area contributed by atoms with Gasteiger partial charge in [-0.15, -0.1) is 11.8 Å². The molecule has 0 aromatic carbocycles. The standard InChI is InChI=1S/C8H11NO5S/c1-14-8(13)6(7(11)12)9-4(10)3-5(9)15-2/h5-6H,3H2,1-2H3,(H,11,12). The summed E-state index contributed by atoms with van der Waals surface area (Å²) in [5.74, 6) is -2.63. The fourth-order valence-electron chi connectivity index (χ4n) is 1.35. The van der Waals surface area contributed by atoms with Crippen LogP contribution in [-0.2, 0) is 19.1 Å². The topological polar surface area (TPSA) is 83.9 Å². The van der Waals surface area contributed by atoms with Crippen LogP contribution in [0.25, 0.3) is 0 Å². The summed E-state index contributed by atoms with van der Waals surface area (Å²) in [5, 5.41) is 8.59. The number of ether oxygens (including phenoxy) is 1. The molecule has 0 radical (unpaired) electrons. The molecule has 7 heteroatoms. The van der Waals surface area contributed by atoms with Gasteiger partial charge in [-0.1, -0.05) is 0 Å². The molecule has 0 bridgehead atoms. The lowest BCUT2D eigenvalue weighted by atomic mass is 10.1. The number of methoxy groups -OCH3 is 1. The predicted octanol–water partition coefficient (Wildman–Crippen LogP) is -0.466. The number of amides is 1. The number of aliphatic carboxylic acids is 1. The molecule has 1 aliphatic heterocycles. The van der Waals surface area contributed by atoms with Crippen molar-refractivity contribution in [2.45, 2.75) is 17.8 Å². The van der Waals surface area contributed by atoms with Gasteiger partial charge in [-0.25, -0.2) is 9.59 Å². The average Bonchev–Trinajstić information content (AvgIpc) is 2.20. The number of carboxylic acids is 1. The Morgan fingerprint density at radius 2 is 2.27 bits per heavy atom. The van der Waals surface area contributed by atoms with E-state index in [4.69, 9.17) is 5.11 Å². The number of carbonyl (C=O) groups is 3. The fourth-order valence-corrected chi connectivity index (χ4v) is 2.13. The second kappa shape index (κ2) is 4.52. The normalized spacial score (nSPS) is 21.9. The summed E-state index contributed by atoms with van der Waals surface area (Å²) in [6.45, 7) is 0. The van der Waals surface area contributed by atoms with Crippen LogP contribution in [0.1, 0.15) is 6.42 Å². The van der Waals surface area contributed by atoms with Crippen LogP contribution in [0.4, 0.5) is 0 Å². The van der Waals surface area contributed by atoms with Crippen molar-refractivity contribution in [3.63, 3.8) is 0 Å². The Bertz CT molecular complexity index is 305. The van der Waals surface area contributed by atoms with E-state index >= 15 is 0 Å². The number of β-lactam (4-membered cyclic amide) rings is 1. The van der Waals surface area contributed by atoms with Crippen LogP contribution in [0.2, 0.25) is 0 Å². The number of carboxylic acid groups (broad SMARTS) is 1. The van der Waals surface area contributed by atoms with Crippen LogP contribution >= 0.6 is 11.8 Å². The summed E-state index contributed by atoms with van der Waals surface area (Å²) in [7, 11) is 1.09. The van der Waals surface area contributed by atoms with E-state index in [9.17, 15) is 14.4 Å². The lowest BCUT2D eigenvalue weighted by Crippen LogP contribution is -2.61. The first-order valence-electron chi connectivity index (χ1n) is 4.17. The van der Waals surface area contributed by atoms with Crippen LogP contribution in [0.15, 0.2) is 0 Å². The molecule has 0 aromatic rings. The summed E-state index contributed by atoms with van der Waals surface area (Å²) < 4.78 is 4.35. The van der Waals surface area contributed by atoms with Gasteiger partial charge < -0.3 is 14.7 Å². The van der Waals surface area contributed by atoms with Crippen molar-refractivity contribution < 1.29 is 24.2 Å². The van der Waals surface area contributed by atoms with E-state index in [2.05, 4.69) is 4.74 Å². The van der Waals surface area contributed by atoms with E-state index in [1.54, 1.807) is 6.26 Å². The van der Waals surface area contributed by atoms with E-state index in [-0.39, 0.29) is 17.7 Å². The molecule has 6 nitrogen and oxygen atoms in total. The molecule has 1 rings (SSSR count). The Morgan fingerprint density at radius 1 is 1.67 bits per heavy atom. The molecular weight excluding hydrogens is 222 g/mol. The maximum atomic E-state index is 11.2. The zero-order valence-corrected chi connectivity index (χ0v) is 9.11. The number of hydrogen-bond acceptors (Lipinski definition) is 5. The third-order valence-electron chi connectivity index (χ3n) is 2.16. The van der Waals surface area contributed by atoms with E-state index in [1.807, 2.05) is 0 Å². The average molecular weight is 233 g/mol. The molecule has 1 N–H and O–H groups in total. The minimum absolute atomic E-state index is 0.252. The molecule has 0 saturated carbocycles. The highest BCUT2D eigenvalue weighted by molar-refractivity contribution is 7.99. The van der Waals surface area contributed by atoms with Crippen molar-refractivity contribution in [3.8, 4) is 0 Å². The highest BCUT2D eigenvalue weighted by atomic mass is 32.2. The number of esters is 1. The Kier molecular flexibility index (Phi) is 3.57. The fraction of sp³-hybridized carbons (Fsp3) is 0.625. The van der Waals surface area contributed by atoms with Crippen molar-refractivity contribution in [1.82, 2.24) is 4.90 Å². The molecule has 0 spiro atoms. The maximum absolute atomic E-state index is 11.2. The Morgan fingerprint density at radius 3 is 2.60 bits per heavy atom. The van der Waals surface area contributed by atoms with Gasteiger partial charge in [0.25, 0.3) is 0 Å². The summed E-state index contributed by atoms with van der Waals surface area (Å²) in [6.07, 6.45) is 2.02. The molecule has 1 saturated heterocycles. The van der Waals surface area contributed by atoms with Crippen molar-refractivity contribution in [2.24, 2.45) is 0 Å². The van der Waals surface area contributed by atoms with Crippen LogP contribution in [0.3, 0.4) is 0 Å². The number of likely N-dealkylation sites (tertiary alicyclic amines) is 1. The predicted molar refractivity (Wildman–Crippen MR) is 52.2 cm³/mol. The zero-order valence-electron chi connectivity index (χ0n) is 8.30. The first-order chi connectivity index (χ1) is 7.02. The summed E-state index contributed by atoms with van der Waals surface area (Å²) >= 11 is 1.33. The number of thioether (sulfide) groups is 1. The quantitative estimate of drug-likeness (QED) is 0.401. The van der Waals surface area contributed by atoms with Crippen LogP contribution < -0.4 is 0 Å². The minimum Gasteiger partial charge on any atom is -0.479 e. The number of carbonyl (C=O) groups excluding carboxylic acids is 2. The summed E-state index contributed by atoms with van der Waals surface area (Å²) in [4.78, 5) is 34.3. The highest BCUT2D eigenvalue weighted by Crippen LogP contribution is 2.30. The highest BCUT2D eigenvalue weighted by Gasteiger charge is 2.47. The van der Waals surface area contributed by atoms with Gasteiger partial charge in [-0.05, 0) is 6.26 Å². The summed E-state index contributed by atoms with van der Waals surface area (Å²) in [6, 6.07) is -1.52. The van der Waals surface area contributed by atoms with Crippen LogP contribution in [-0.4, -0.2) is 52.6 Å². The largest absolute Gasteiger partial charge is 0.479 e. The molecule has 15 heavy (non-hydrogen) atoms. The molecule has 1 amide bonds. The van der Waals surface area contributed by atoms with Gasteiger partial charge in [0.05, 0.1) is 18.9 Å². The van der Waals surface area contributed by atoms with Crippen LogP contribution in [0.5, 0.6) is 0 Å². The van der Waals surface area contributed by atoms with Gasteiger partial charge in [0.2, 0.25) is 11.9 Å². The molecule has 0 aliphatic carbocycles. The summed E-state index contributed by atoms with van der Waals surface area (Å²) in [5.41, 5.74) is 0. The van der Waals surface area contributed by atoms with E-state index in [0.717, 1.165) is 12.0 Å². The van der Waals surface area contributed by atoms with Gasteiger partial charge >= 0.3 is 11.9 Å². The number of hydrogen-bond donors (Lipinski definition) is 1. The van der Waals surface area contributed by atoms with Gasteiger partial charge in [-0.3, -0.25) is 4.79 Å². The van der Waals surface area contributed by atoms with Gasteiger partial charge in [0.1, 0.15) is 0 Å². The third kappa shape index (κ3) is 2.06. The van der Waals surface area contributed by atoms with Gasteiger partial charge in [0.15, 0.2) is 0 Å². The van der Waals surface area contributed by atoms with E-state index in [0.29, 0.717) is 0 Å². The molecule has 2 atom stereocenters. The van der Waals surface area contributed by atoms with Crippen molar-refractivity contribution in [2.75, 3.05) is 13.4 Å². The molecule has 2 unspecified atom stereocenters. The van der Waals surface area contributed by atoms with Crippen molar-refractivity contribution >= 4 is 29.6 Å². The molecule has 0 aromatic heterocycles. The van der Waals surface area contributed by atoms with E-state index < -0.39 is 18.0 Å². The smallest absolute Gasteiger partial charge is 0.340 e. The van der Waals surface area contributed by atoms with E-state index in [1.165, 1.54) is 11.8 Å². The Balaban J connectivity index is 2.84. The monoisotopic (exact) mass is 233 g/mol. The molecule has 1 heterocycles. The van der Waals surface area contributed by atoms with Gasteiger partial charge in [-0.2, -0.15) is 0 Å². The molecule has 84 valence electrons. The molecule has 1 aliphatic rings. The zero-order chi connectivity index (χ0) is 11.6. The first-order valence-corrected chi connectivity index (χ1v) is 5.46. The van der Waals surface area contributed by atoms with Crippen molar-refractivity contribution in [1.29, 1.82) is 0 Å². The number of rotatable bonds is 4. The third-order valence-corrected chi connectivity index (χ3v) is 3.09. The first kappa shape index (κ1) is 11.8. The number of nitrogens with zero attached hydrogens (tertiary/aromatic N) is 1. The second-order valence-electron chi connectivity index (χ2n) is 2.96. The second-order valence-corrected chi connectivity index (χ2v) is 3.97. The Labute approximate surface area is 90.6 Å². The molecular formula is C8H11NO5S. The maximum Gasteiger partial charge on any atom is 0.340 e. The van der Waals surface area contributed by atoms with Crippen molar-refractivity contribution in [3.05, 3.63) is 0 Å². The van der Waals surface area contributed by atoms with Crippen LogP contribution in [0, 0.1) is 0 Å². The van der Waals surface area contributed by atoms with Gasteiger partial charge in [0, 0.05) is 0 Å². The minimum atomic E-state index is -1.52. The SMILES string of the molecule is COC(=O)C(C(=O)O)N1C(=O)CC1SC. The lowest BCUT2D eigenvalue weighted by molar-refractivity contribution is -0.169. The molecule has 1 fully saturated rings. The Hall–Kier alpha value is -1.24.